The van der Waals surface area contributed by atoms with Crippen molar-refractivity contribution in [2.75, 3.05) is 20.7 Å². The first-order chi connectivity index (χ1) is 9.26. The molecule has 2 unspecified atom stereocenters. The van der Waals surface area contributed by atoms with Crippen LogP contribution in [0.15, 0.2) is 11.4 Å². The Labute approximate surface area is 125 Å². The molecule has 1 fully saturated rings. The maximum Gasteiger partial charge on any atom is 0.221 e. The van der Waals surface area contributed by atoms with Gasteiger partial charge in [0, 0.05) is 25.0 Å². The highest BCUT2D eigenvalue weighted by Gasteiger charge is 2.46. The summed E-state index contributed by atoms with van der Waals surface area (Å²) in [4.78, 5) is 6.57. The fraction of sp³-hybridized carbons (Fsp3) is 0.692. The molecule has 1 saturated heterocycles. The summed E-state index contributed by atoms with van der Waals surface area (Å²) in [6.07, 6.45) is 0. The minimum absolute atomic E-state index is 0.0593. The van der Waals surface area contributed by atoms with Gasteiger partial charge in [-0.1, -0.05) is 0 Å². The minimum atomic E-state index is -3.39. The first kappa shape index (κ1) is 15.9. The van der Waals surface area contributed by atoms with Crippen LogP contribution in [0.5, 0.6) is 0 Å². The van der Waals surface area contributed by atoms with E-state index in [0.29, 0.717) is 0 Å². The maximum absolute atomic E-state index is 12.8. The summed E-state index contributed by atoms with van der Waals surface area (Å²) >= 11 is 1.59. The minimum Gasteiger partial charge on any atom is -0.297 e. The van der Waals surface area contributed by atoms with Crippen LogP contribution in [-0.2, 0) is 14.9 Å². The van der Waals surface area contributed by atoms with E-state index in [1.54, 1.807) is 30.5 Å². The van der Waals surface area contributed by atoms with Crippen LogP contribution in [0, 0.1) is 6.92 Å². The molecule has 1 aliphatic heterocycles. The van der Waals surface area contributed by atoms with Crippen LogP contribution in [0.1, 0.15) is 30.3 Å². The highest BCUT2D eigenvalue weighted by molar-refractivity contribution is 7.89. The van der Waals surface area contributed by atoms with Crippen molar-refractivity contribution in [3.63, 3.8) is 0 Å². The molecule has 20 heavy (non-hydrogen) atoms. The molecule has 1 aliphatic rings. The zero-order valence-corrected chi connectivity index (χ0v) is 14.2. The summed E-state index contributed by atoms with van der Waals surface area (Å²) in [5.74, 6) is 0. The average Bonchev–Trinajstić information content (AvgIpc) is 2.94. The molecule has 2 rings (SSSR count). The van der Waals surface area contributed by atoms with E-state index in [2.05, 4.69) is 0 Å². The molecule has 1 aromatic rings. The lowest BCUT2D eigenvalue weighted by Gasteiger charge is -2.28. The summed E-state index contributed by atoms with van der Waals surface area (Å²) in [6, 6.07) is 1.72. The van der Waals surface area contributed by atoms with Gasteiger partial charge in [-0.2, -0.15) is 5.06 Å². The summed E-state index contributed by atoms with van der Waals surface area (Å²) in [6.45, 7) is 5.97. The Balaban J connectivity index is 2.39. The van der Waals surface area contributed by atoms with E-state index in [-0.39, 0.29) is 18.7 Å². The van der Waals surface area contributed by atoms with Gasteiger partial charge in [0.15, 0.2) is 0 Å². The SMILES string of the molecule is Cc1ccsc1C1C(S(=O)(=O)N(C)C(C)C)CON1C. The largest absolute Gasteiger partial charge is 0.297 e. The summed E-state index contributed by atoms with van der Waals surface area (Å²) < 4.78 is 27.0. The van der Waals surface area contributed by atoms with Gasteiger partial charge in [-0.25, -0.2) is 12.7 Å². The highest BCUT2D eigenvalue weighted by Crippen LogP contribution is 2.38. The molecule has 0 saturated carbocycles. The number of thiophene rings is 1. The number of aryl methyl sites for hydroxylation is 1. The predicted molar refractivity (Wildman–Crippen MR) is 81.1 cm³/mol. The van der Waals surface area contributed by atoms with Gasteiger partial charge in [0.05, 0.1) is 12.6 Å². The fourth-order valence-electron chi connectivity index (χ4n) is 2.37. The van der Waals surface area contributed by atoms with Gasteiger partial charge in [0.1, 0.15) is 5.25 Å². The van der Waals surface area contributed by atoms with E-state index in [1.165, 1.54) is 4.31 Å². The number of hydrogen-bond acceptors (Lipinski definition) is 5. The van der Waals surface area contributed by atoms with Crippen molar-refractivity contribution in [3.8, 4) is 0 Å². The lowest BCUT2D eigenvalue weighted by molar-refractivity contribution is -0.110. The third-order valence-corrected chi connectivity index (χ3v) is 7.34. The number of hydroxylamine groups is 2. The van der Waals surface area contributed by atoms with Crippen LogP contribution in [0.3, 0.4) is 0 Å². The number of sulfonamides is 1. The first-order valence-corrected chi connectivity index (χ1v) is 9.01. The molecular weight excluding hydrogens is 296 g/mol. The van der Waals surface area contributed by atoms with Crippen LogP contribution in [0.2, 0.25) is 0 Å². The second-order valence-corrected chi connectivity index (χ2v) is 8.61. The van der Waals surface area contributed by atoms with E-state index >= 15 is 0 Å². The van der Waals surface area contributed by atoms with Crippen molar-refractivity contribution in [1.29, 1.82) is 0 Å². The lowest BCUT2D eigenvalue weighted by Crippen LogP contribution is -2.43. The number of hydrogen-bond donors (Lipinski definition) is 0. The highest BCUT2D eigenvalue weighted by atomic mass is 32.2. The Morgan fingerprint density at radius 2 is 2.15 bits per heavy atom. The fourth-order valence-corrected chi connectivity index (χ4v) is 5.47. The third-order valence-electron chi connectivity index (χ3n) is 3.87. The van der Waals surface area contributed by atoms with Gasteiger partial charge < -0.3 is 0 Å². The Morgan fingerprint density at radius 3 is 2.65 bits per heavy atom. The zero-order chi connectivity index (χ0) is 15.1. The molecule has 2 atom stereocenters. The molecule has 0 aliphatic carbocycles. The predicted octanol–water partition coefficient (Wildman–Crippen LogP) is 2.01. The molecule has 114 valence electrons. The number of nitrogens with zero attached hydrogens (tertiary/aromatic N) is 2. The normalized spacial score (nSPS) is 24.9. The molecule has 0 N–H and O–H groups in total. The van der Waals surface area contributed by atoms with Crippen molar-refractivity contribution < 1.29 is 13.3 Å². The quantitative estimate of drug-likeness (QED) is 0.852. The summed E-state index contributed by atoms with van der Waals surface area (Å²) in [5.41, 5.74) is 1.12. The van der Waals surface area contributed by atoms with Crippen molar-refractivity contribution in [1.82, 2.24) is 9.37 Å². The lowest BCUT2D eigenvalue weighted by atomic mass is 10.1. The van der Waals surface area contributed by atoms with Crippen LogP contribution < -0.4 is 0 Å². The second kappa shape index (κ2) is 5.73. The van der Waals surface area contributed by atoms with E-state index in [0.717, 1.165) is 10.4 Å². The van der Waals surface area contributed by atoms with Crippen LogP contribution >= 0.6 is 11.3 Å². The molecule has 1 aromatic heterocycles. The smallest absolute Gasteiger partial charge is 0.221 e. The molecule has 0 radical (unpaired) electrons. The van der Waals surface area contributed by atoms with Gasteiger partial charge in [0.25, 0.3) is 0 Å². The topological polar surface area (TPSA) is 49.9 Å². The third kappa shape index (κ3) is 2.65. The molecule has 0 aromatic carbocycles. The Morgan fingerprint density at radius 1 is 1.50 bits per heavy atom. The molecule has 2 heterocycles. The summed E-state index contributed by atoms with van der Waals surface area (Å²) in [5, 5.41) is 3.11. The molecule has 7 heteroatoms. The van der Waals surface area contributed by atoms with Gasteiger partial charge in [-0.05, 0) is 37.8 Å². The van der Waals surface area contributed by atoms with Crippen molar-refractivity contribution >= 4 is 21.4 Å². The van der Waals surface area contributed by atoms with Crippen LogP contribution in [0.25, 0.3) is 0 Å². The van der Waals surface area contributed by atoms with E-state index in [1.807, 2.05) is 32.2 Å². The molecule has 0 spiro atoms. The van der Waals surface area contributed by atoms with Gasteiger partial charge in [-0.15, -0.1) is 11.3 Å². The Hall–Kier alpha value is -0.470. The van der Waals surface area contributed by atoms with Gasteiger partial charge in [0.2, 0.25) is 10.0 Å². The zero-order valence-electron chi connectivity index (χ0n) is 12.5. The van der Waals surface area contributed by atoms with Gasteiger partial charge >= 0.3 is 0 Å². The van der Waals surface area contributed by atoms with Crippen molar-refractivity contribution in [3.05, 3.63) is 21.9 Å². The molecule has 0 bridgehead atoms. The van der Waals surface area contributed by atoms with Gasteiger partial charge in [-0.3, -0.25) is 4.84 Å². The van der Waals surface area contributed by atoms with Crippen LogP contribution in [-0.4, -0.2) is 49.8 Å². The second-order valence-electron chi connectivity index (χ2n) is 5.45. The van der Waals surface area contributed by atoms with Crippen LogP contribution in [0.4, 0.5) is 0 Å². The Kier molecular flexibility index (Phi) is 4.56. The monoisotopic (exact) mass is 318 g/mol. The molecular formula is C13H22N2O3S2. The molecule has 5 nitrogen and oxygen atoms in total. The Bertz CT molecular complexity index is 568. The van der Waals surface area contributed by atoms with E-state index in [4.69, 9.17) is 4.84 Å². The number of rotatable bonds is 4. The maximum atomic E-state index is 12.8. The average molecular weight is 318 g/mol. The summed E-state index contributed by atoms with van der Waals surface area (Å²) in [7, 11) is 0.0464. The van der Waals surface area contributed by atoms with E-state index in [9.17, 15) is 8.42 Å². The van der Waals surface area contributed by atoms with Crippen molar-refractivity contribution in [2.24, 2.45) is 0 Å². The first-order valence-electron chi connectivity index (χ1n) is 6.63. The standard InChI is InChI=1S/C13H22N2O3S2/c1-9(2)15(5)20(16,17)11-8-18-14(4)12(11)13-10(3)6-7-19-13/h6-7,9,11-12H,8H2,1-5H3. The molecule has 0 amide bonds. The van der Waals surface area contributed by atoms with E-state index < -0.39 is 15.3 Å². The van der Waals surface area contributed by atoms with Crippen molar-refractivity contribution in [2.45, 2.75) is 38.1 Å².